The van der Waals surface area contributed by atoms with Crippen LogP contribution in [-0.2, 0) is 0 Å². The Morgan fingerprint density at radius 2 is 2.11 bits per heavy atom. The zero-order chi connectivity index (χ0) is 13.1. The van der Waals surface area contributed by atoms with Gasteiger partial charge in [0.2, 0.25) is 0 Å². The predicted octanol–water partition coefficient (Wildman–Crippen LogP) is 3.13. The highest BCUT2D eigenvalue weighted by Crippen LogP contribution is 2.33. The quantitative estimate of drug-likeness (QED) is 0.694. The van der Waals surface area contributed by atoms with Crippen LogP contribution in [0.2, 0.25) is 0 Å². The molecule has 1 aromatic heterocycles. The Kier molecular flexibility index (Phi) is 3.42. The van der Waals surface area contributed by atoms with Gasteiger partial charge in [-0.1, -0.05) is 0 Å². The van der Waals surface area contributed by atoms with Gasteiger partial charge in [0.1, 0.15) is 11.5 Å². The van der Waals surface area contributed by atoms with Gasteiger partial charge in [0.25, 0.3) is 5.69 Å². The van der Waals surface area contributed by atoms with Crippen LogP contribution in [0, 0.1) is 10.1 Å². The molecule has 0 saturated heterocycles. The molecule has 0 saturated carbocycles. The van der Waals surface area contributed by atoms with Crippen molar-refractivity contribution in [2.75, 3.05) is 5.73 Å². The molecule has 0 bridgehead atoms. The van der Waals surface area contributed by atoms with E-state index < -0.39 is 4.92 Å². The average Bonchev–Trinajstić information content (AvgIpc) is 2.31. The van der Waals surface area contributed by atoms with E-state index in [0.29, 0.717) is 21.7 Å². The number of rotatable bonds is 3. The maximum atomic E-state index is 10.7. The van der Waals surface area contributed by atoms with Crippen molar-refractivity contribution < 1.29 is 9.66 Å². The highest BCUT2D eigenvalue weighted by molar-refractivity contribution is 9.10. The Morgan fingerprint density at radius 3 is 2.78 bits per heavy atom. The molecule has 2 N–H and O–H groups in total. The third-order valence-electron chi connectivity index (χ3n) is 2.09. The summed E-state index contributed by atoms with van der Waals surface area (Å²) in [4.78, 5) is 14.1. The maximum Gasteiger partial charge on any atom is 0.273 e. The Hall–Kier alpha value is -2.15. The van der Waals surface area contributed by atoms with Crippen molar-refractivity contribution in [2.45, 2.75) is 0 Å². The summed E-state index contributed by atoms with van der Waals surface area (Å²) < 4.78 is 6.09. The monoisotopic (exact) mass is 309 g/mol. The minimum absolute atomic E-state index is 0.0509. The molecule has 6 nitrogen and oxygen atoms in total. The second kappa shape index (κ2) is 5.01. The number of benzene rings is 1. The zero-order valence-corrected chi connectivity index (χ0v) is 10.6. The number of ether oxygens (including phenoxy) is 1. The molecule has 0 unspecified atom stereocenters. The number of anilines is 1. The van der Waals surface area contributed by atoms with Crippen LogP contribution in [-0.4, -0.2) is 9.91 Å². The smallest absolute Gasteiger partial charge is 0.273 e. The molecule has 7 heteroatoms. The van der Waals surface area contributed by atoms with Crippen LogP contribution >= 0.6 is 15.9 Å². The number of non-ortho nitro benzene ring substituents is 1. The molecule has 0 amide bonds. The van der Waals surface area contributed by atoms with Gasteiger partial charge in [-0.25, -0.2) is 0 Å². The van der Waals surface area contributed by atoms with Crippen LogP contribution < -0.4 is 10.5 Å². The third-order valence-corrected chi connectivity index (χ3v) is 2.74. The predicted molar refractivity (Wildman–Crippen MR) is 69.5 cm³/mol. The van der Waals surface area contributed by atoms with Crippen molar-refractivity contribution in [1.82, 2.24) is 4.98 Å². The molecule has 18 heavy (non-hydrogen) atoms. The lowest BCUT2D eigenvalue weighted by molar-refractivity contribution is -0.384. The lowest BCUT2D eigenvalue weighted by Crippen LogP contribution is -1.92. The van der Waals surface area contributed by atoms with Crippen molar-refractivity contribution in [3.8, 4) is 11.5 Å². The van der Waals surface area contributed by atoms with E-state index in [0.717, 1.165) is 0 Å². The van der Waals surface area contributed by atoms with E-state index in [1.807, 2.05) is 0 Å². The Bertz CT molecular complexity index is 604. The maximum absolute atomic E-state index is 10.7. The van der Waals surface area contributed by atoms with Gasteiger partial charge >= 0.3 is 0 Å². The molecule has 0 aliphatic rings. The average molecular weight is 310 g/mol. The first kappa shape index (κ1) is 12.3. The number of hydrogen-bond donors (Lipinski definition) is 1. The number of nitro benzene ring substituents is 1. The van der Waals surface area contributed by atoms with Crippen LogP contribution in [0.5, 0.6) is 11.5 Å². The molecule has 0 radical (unpaired) electrons. The number of nitrogens with two attached hydrogens (primary N) is 1. The summed E-state index contributed by atoms with van der Waals surface area (Å²) in [6.07, 6.45) is 2.96. The van der Waals surface area contributed by atoms with Gasteiger partial charge in [-0.2, -0.15) is 0 Å². The second-order valence-electron chi connectivity index (χ2n) is 3.43. The summed E-state index contributed by atoms with van der Waals surface area (Å²) in [6, 6.07) is 5.84. The molecule has 2 rings (SSSR count). The minimum atomic E-state index is -0.489. The number of halogens is 1. The molecule has 0 aliphatic carbocycles. The van der Waals surface area contributed by atoms with E-state index in [2.05, 4.69) is 20.9 Å². The van der Waals surface area contributed by atoms with Crippen LogP contribution in [0.3, 0.4) is 0 Å². The van der Waals surface area contributed by atoms with Crippen LogP contribution in [0.25, 0.3) is 0 Å². The summed E-state index contributed by atoms with van der Waals surface area (Å²) in [5, 5.41) is 10.7. The third kappa shape index (κ3) is 2.75. The molecule has 1 aromatic carbocycles. The van der Waals surface area contributed by atoms with Crippen LogP contribution in [0.4, 0.5) is 11.4 Å². The summed E-state index contributed by atoms with van der Waals surface area (Å²) in [5.74, 6) is 0.743. The van der Waals surface area contributed by atoms with Crippen LogP contribution in [0.1, 0.15) is 0 Å². The fourth-order valence-corrected chi connectivity index (χ4v) is 1.63. The van der Waals surface area contributed by atoms with Crippen molar-refractivity contribution >= 4 is 27.3 Å². The highest BCUT2D eigenvalue weighted by atomic mass is 79.9. The molecule has 0 spiro atoms. The van der Waals surface area contributed by atoms with E-state index >= 15 is 0 Å². The van der Waals surface area contributed by atoms with Gasteiger partial charge in [-0.15, -0.1) is 0 Å². The Balaban J connectivity index is 2.33. The minimum Gasteiger partial charge on any atom is -0.454 e. The van der Waals surface area contributed by atoms with Crippen molar-refractivity contribution in [1.29, 1.82) is 0 Å². The van der Waals surface area contributed by atoms with E-state index in [-0.39, 0.29) is 5.69 Å². The Labute approximate surface area is 111 Å². The van der Waals surface area contributed by atoms with Gasteiger partial charge in [-0.3, -0.25) is 15.1 Å². The molecule has 0 fully saturated rings. The van der Waals surface area contributed by atoms with E-state index in [9.17, 15) is 10.1 Å². The highest BCUT2D eigenvalue weighted by Gasteiger charge is 2.11. The lowest BCUT2D eigenvalue weighted by atomic mass is 10.3. The molecular weight excluding hydrogens is 302 g/mol. The van der Waals surface area contributed by atoms with Gasteiger partial charge in [0, 0.05) is 12.1 Å². The summed E-state index contributed by atoms with van der Waals surface area (Å²) >= 11 is 3.26. The molecular formula is C11H8BrN3O3. The van der Waals surface area contributed by atoms with Gasteiger partial charge < -0.3 is 10.5 Å². The number of pyridine rings is 1. The topological polar surface area (TPSA) is 91.3 Å². The summed E-state index contributed by atoms with van der Waals surface area (Å²) in [6.45, 7) is 0. The number of hydrogen-bond acceptors (Lipinski definition) is 5. The van der Waals surface area contributed by atoms with E-state index in [4.69, 9.17) is 10.5 Å². The molecule has 2 aromatic rings. The number of nitrogen functional groups attached to an aromatic ring is 1. The van der Waals surface area contributed by atoms with Gasteiger partial charge in [-0.05, 0) is 22.0 Å². The van der Waals surface area contributed by atoms with E-state index in [1.165, 1.54) is 24.5 Å². The first-order valence-corrected chi connectivity index (χ1v) is 5.68. The summed E-state index contributed by atoms with van der Waals surface area (Å²) in [7, 11) is 0. The summed E-state index contributed by atoms with van der Waals surface area (Å²) in [5.41, 5.74) is 5.97. The first-order chi connectivity index (χ1) is 8.56. The Morgan fingerprint density at radius 1 is 1.33 bits per heavy atom. The van der Waals surface area contributed by atoms with Crippen molar-refractivity contribution in [3.63, 3.8) is 0 Å². The number of aromatic nitrogens is 1. The lowest BCUT2D eigenvalue weighted by Gasteiger charge is -2.07. The SMILES string of the molecule is Nc1cncc(Oc2cc([N+](=O)[O-])ccc2Br)c1. The molecule has 0 atom stereocenters. The standard InChI is InChI=1S/C11H8BrN3O3/c12-10-2-1-8(15(16)17)4-11(10)18-9-3-7(13)5-14-6-9/h1-6H,13H2. The normalized spacial score (nSPS) is 10.1. The van der Waals surface area contributed by atoms with Crippen LogP contribution in [0.15, 0.2) is 41.1 Å². The molecule has 92 valence electrons. The molecule has 0 aliphatic heterocycles. The number of nitro groups is 1. The fourth-order valence-electron chi connectivity index (χ4n) is 1.30. The zero-order valence-electron chi connectivity index (χ0n) is 9.04. The van der Waals surface area contributed by atoms with E-state index in [1.54, 1.807) is 12.1 Å². The first-order valence-electron chi connectivity index (χ1n) is 4.88. The number of nitrogens with zero attached hydrogens (tertiary/aromatic N) is 2. The van der Waals surface area contributed by atoms with Gasteiger partial charge in [0.05, 0.1) is 33.5 Å². The fraction of sp³-hybridized carbons (Fsp3) is 0. The van der Waals surface area contributed by atoms with Crippen molar-refractivity contribution in [3.05, 3.63) is 51.2 Å². The molecule has 1 heterocycles. The van der Waals surface area contributed by atoms with Crippen molar-refractivity contribution in [2.24, 2.45) is 0 Å². The second-order valence-corrected chi connectivity index (χ2v) is 4.28. The van der Waals surface area contributed by atoms with Gasteiger partial charge in [0.15, 0.2) is 0 Å². The largest absolute Gasteiger partial charge is 0.454 e.